The molecule has 76 valence electrons. The lowest BCUT2D eigenvalue weighted by Gasteiger charge is -2.13. The highest BCUT2D eigenvalue weighted by Crippen LogP contribution is 1.96. The molecule has 0 aliphatic heterocycles. The third-order valence-electron chi connectivity index (χ3n) is 1.44. The van der Waals surface area contributed by atoms with E-state index in [2.05, 4.69) is 0 Å². The number of aldehydes is 1. The third kappa shape index (κ3) is 7.30. The minimum atomic E-state index is 0.431. The molecule has 0 rings (SSSR count). The molecular formula is C8H17N3O2. The van der Waals surface area contributed by atoms with Gasteiger partial charge in [-0.15, -0.1) is 0 Å². The fraction of sp³-hybridized carbons (Fsp3) is 0.625. The number of nitrogens with two attached hydrogens (primary N) is 2. The van der Waals surface area contributed by atoms with Gasteiger partial charge in [-0.05, 0) is 6.42 Å². The Morgan fingerprint density at radius 3 is 2.85 bits per heavy atom. The molecular weight excluding hydrogens is 170 g/mol. The second-order valence-corrected chi connectivity index (χ2v) is 2.64. The van der Waals surface area contributed by atoms with E-state index in [0.717, 1.165) is 6.29 Å². The number of hydrogen-bond donors (Lipinski definition) is 2. The maximum atomic E-state index is 10.0. The number of carbonyl (C=O) groups is 1. The predicted octanol–water partition coefficient (Wildman–Crippen LogP) is -0.412. The minimum absolute atomic E-state index is 0.431. The third-order valence-corrected chi connectivity index (χ3v) is 1.44. The maximum absolute atomic E-state index is 10.0. The quantitative estimate of drug-likeness (QED) is 0.321. The Kier molecular flexibility index (Phi) is 6.95. The van der Waals surface area contributed by atoms with Gasteiger partial charge in [0.1, 0.15) is 6.29 Å². The summed E-state index contributed by atoms with van der Waals surface area (Å²) in [5.41, 5.74) is 6.17. The molecule has 0 atom stereocenters. The van der Waals surface area contributed by atoms with Crippen LogP contribution >= 0.6 is 0 Å². The van der Waals surface area contributed by atoms with E-state index in [1.807, 2.05) is 0 Å². The molecule has 0 saturated carbocycles. The second kappa shape index (κ2) is 7.57. The summed E-state index contributed by atoms with van der Waals surface area (Å²) >= 11 is 0. The molecule has 13 heavy (non-hydrogen) atoms. The van der Waals surface area contributed by atoms with Crippen LogP contribution in [0.25, 0.3) is 0 Å². The highest BCUT2D eigenvalue weighted by Gasteiger charge is 1.94. The first-order valence-corrected chi connectivity index (χ1v) is 4.10. The normalized spacial score (nSPS) is 11.4. The van der Waals surface area contributed by atoms with Crippen molar-refractivity contribution in [1.29, 1.82) is 0 Å². The van der Waals surface area contributed by atoms with Gasteiger partial charge in [0.15, 0.2) is 0 Å². The number of methoxy groups -OCH3 is 1. The molecule has 5 heteroatoms. The van der Waals surface area contributed by atoms with Gasteiger partial charge in [-0.1, -0.05) is 0 Å². The number of hydrogen-bond acceptors (Lipinski definition) is 5. The summed E-state index contributed by atoms with van der Waals surface area (Å²) in [7, 11) is 1.60. The van der Waals surface area contributed by atoms with Crippen LogP contribution in [0.2, 0.25) is 0 Å². The van der Waals surface area contributed by atoms with Gasteiger partial charge in [-0.25, -0.2) is 5.84 Å². The molecule has 0 unspecified atom stereocenters. The fourth-order valence-corrected chi connectivity index (χ4v) is 0.764. The molecule has 4 N–H and O–H groups in total. The van der Waals surface area contributed by atoms with Gasteiger partial charge in [0.05, 0.1) is 13.2 Å². The lowest BCUT2D eigenvalue weighted by molar-refractivity contribution is -0.107. The molecule has 0 amide bonds. The molecule has 5 nitrogen and oxygen atoms in total. The molecule has 0 bridgehead atoms. The van der Waals surface area contributed by atoms with Crippen LogP contribution in [-0.4, -0.2) is 31.6 Å². The van der Waals surface area contributed by atoms with E-state index in [0.29, 0.717) is 31.7 Å². The van der Waals surface area contributed by atoms with Crippen LogP contribution in [0.5, 0.6) is 0 Å². The van der Waals surface area contributed by atoms with Gasteiger partial charge in [0, 0.05) is 25.4 Å². The maximum Gasteiger partial charge on any atom is 0.120 e. The Balaban J connectivity index is 3.69. The van der Waals surface area contributed by atoms with Crippen LogP contribution < -0.4 is 11.6 Å². The van der Waals surface area contributed by atoms with Crippen LogP contribution in [0, 0.1) is 0 Å². The topological polar surface area (TPSA) is 81.6 Å². The van der Waals surface area contributed by atoms with Crippen LogP contribution in [0.1, 0.15) is 12.8 Å². The van der Waals surface area contributed by atoms with Crippen molar-refractivity contribution in [3.8, 4) is 0 Å². The summed E-state index contributed by atoms with van der Waals surface area (Å²) in [5, 5.41) is 1.45. The van der Waals surface area contributed by atoms with E-state index in [9.17, 15) is 4.79 Å². The molecule has 0 heterocycles. The molecule has 0 spiro atoms. The predicted molar refractivity (Wildman–Crippen MR) is 50.3 cm³/mol. The zero-order chi connectivity index (χ0) is 10.1. The van der Waals surface area contributed by atoms with Crippen LogP contribution in [0.15, 0.2) is 11.9 Å². The van der Waals surface area contributed by atoms with E-state index in [1.165, 1.54) is 5.01 Å². The van der Waals surface area contributed by atoms with Crippen molar-refractivity contribution >= 4 is 6.29 Å². The highest BCUT2D eigenvalue weighted by atomic mass is 16.5. The number of allylic oxidation sites excluding steroid dienone is 1. The van der Waals surface area contributed by atoms with Gasteiger partial charge < -0.3 is 20.3 Å². The first-order valence-electron chi connectivity index (χ1n) is 4.10. The van der Waals surface area contributed by atoms with Gasteiger partial charge in [-0.2, -0.15) is 0 Å². The average Bonchev–Trinajstić information content (AvgIpc) is 2.11. The monoisotopic (exact) mass is 187 g/mol. The Labute approximate surface area is 78.3 Å². The van der Waals surface area contributed by atoms with Crippen molar-refractivity contribution in [2.45, 2.75) is 12.8 Å². The summed E-state index contributed by atoms with van der Waals surface area (Å²) in [6.07, 6.45) is 3.42. The van der Waals surface area contributed by atoms with E-state index in [1.54, 1.807) is 13.3 Å². The van der Waals surface area contributed by atoms with Crippen molar-refractivity contribution in [3.63, 3.8) is 0 Å². The van der Waals surface area contributed by atoms with Crippen molar-refractivity contribution < 1.29 is 9.53 Å². The van der Waals surface area contributed by atoms with Crippen molar-refractivity contribution in [3.05, 3.63) is 11.9 Å². The van der Waals surface area contributed by atoms with E-state index >= 15 is 0 Å². The lowest BCUT2D eigenvalue weighted by atomic mass is 10.3. The molecule has 0 fully saturated rings. The largest absolute Gasteiger partial charge is 0.401 e. The zero-order valence-corrected chi connectivity index (χ0v) is 7.90. The van der Waals surface area contributed by atoms with Crippen LogP contribution in [0.3, 0.4) is 0 Å². The molecule has 0 saturated heterocycles. The van der Waals surface area contributed by atoms with Crippen molar-refractivity contribution in [1.82, 2.24) is 5.01 Å². The molecule has 0 aliphatic rings. The number of ether oxygens (including phenoxy) is 1. The number of carbonyl (C=O) groups excluding carboxylic acids is 1. The summed E-state index contributed by atoms with van der Waals surface area (Å²) in [5.74, 6) is 5.54. The van der Waals surface area contributed by atoms with Crippen molar-refractivity contribution in [2.75, 3.05) is 20.3 Å². The Bertz CT molecular complexity index is 171. The SMILES string of the molecule is COCCN(N)/C=C(\N)CCC=O. The standard InChI is InChI=1S/C8H17N3O2/c1-13-6-4-11(10)7-8(9)3-2-5-12/h5,7H,2-4,6,9-10H2,1H3/b8-7-. The molecule has 0 aliphatic carbocycles. The lowest BCUT2D eigenvalue weighted by Crippen LogP contribution is -2.29. The number of hydrazine groups is 1. The Hall–Kier alpha value is -1.07. The van der Waals surface area contributed by atoms with Crippen LogP contribution in [-0.2, 0) is 9.53 Å². The molecule has 0 aromatic rings. The second-order valence-electron chi connectivity index (χ2n) is 2.64. The Morgan fingerprint density at radius 1 is 1.62 bits per heavy atom. The first kappa shape index (κ1) is 11.9. The molecule has 0 aromatic heterocycles. The molecule has 0 radical (unpaired) electrons. The van der Waals surface area contributed by atoms with Crippen molar-refractivity contribution in [2.24, 2.45) is 11.6 Å². The smallest absolute Gasteiger partial charge is 0.120 e. The molecule has 0 aromatic carbocycles. The Morgan fingerprint density at radius 2 is 2.31 bits per heavy atom. The first-order chi connectivity index (χ1) is 6.20. The number of nitrogens with zero attached hydrogens (tertiary/aromatic N) is 1. The average molecular weight is 187 g/mol. The summed E-state index contributed by atoms with van der Waals surface area (Å²) in [6, 6.07) is 0. The summed E-state index contributed by atoms with van der Waals surface area (Å²) in [6.45, 7) is 1.13. The summed E-state index contributed by atoms with van der Waals surface area (Å²) < 4.78 is 4.83. The zero-order valence-electron chi connectivity index (χ0n) is 7.90. The van der Waals surface area contributed by atoms with E-state index in [-0.39, 0.29) is 0 Å². The number of rotatable bonds is 7. The van der Waals surface area contributed by atoms with Gasteiger partial charge in [0.2, 0.25) is 0 Å². The fourth-order valence-electron chi connectivity index (χ4n) is 0.764. The van der Waals surface area contributed by atoms with E-state index < -0.39 is 0 Å². The minimum Gasteiger partial charge on any atom is -0.401 e. The van der Waals surface area contributed by atoms with Crippen LogP contribution in [0.4, 0.5) is 0 Å². The highest BCUT2D eigenvalue weighted by molar-refractivity contribution is 5.49. The van der Waals surface area contributed by atoms with Gasteiger partial charge in [-0.3, -0.25) is 0 Å². The van der Waals surface area contributed by atoms with E-state index in [4.69, 9.17) is 16.3 Å². The summed E-state index contributed by atoms with van der Waals surface area (Å²) in [4.78, 5) is 10.0. The van der Waals surface area contributed by atoms with Gasteiger partial charge >= 0.3 is 0 Å². The van der Waals surface area contributed by atoms with Gasteiger partial charge in [0.25, 0.3) is 0 Å².